The minimum Gasteiger partial charge on any atom is -0.312 e. The quantitative estimate of drug-likeness (QED) is 0.723. The average molecular weight is 399 g/mol. The first-order valence-corrected chi connectivity index (χ1v) is 9.77. The van der Waals surface area contributed by atoms with E-state index < -0.39 is 0 Å². The molecule has 0 atom stereocenters. The maximum absolute atomic E-state index is 11.7. The van der Waals surface area contributed by atoms with Crippen LogP contribution >= 0.6 is 30.3 Å². The van der Waals surface area contributed by atoms with Crippen molar-refractivity contribution >= 4 is 41.9 Å². The number of carbonyl (C=O) groups is 1. The van der Waals surface area contributed by atoms with Crippen LogP contribution in [0.4, 0.5) is 5.69 Å². The van der Waals surface area contributed by atoms with E-state index in [2.05, 4.69) is 32.4 Å². The molecule has 0 unspecified atom stereocenters. The number of nitrogens with zero attached hydrogens (tertiary/aromatic N) is 3. The monoisotopic (exact) mass is 399 g/mol. The molecule has 0 aliphatic carbocycles. The van der Waals surface area contributed by atoms with Crippen LogP contribution < -0.4 is 4.90 Å². The van der Waals surface area contributed by atoms with E-state index in [0.717, 1.165) is 36.3 Å². The molecule has 0 radical (unpaired) electrons. The zero-order valence-corrected chi connectivity index (χ0v) is 14.0. The van der Waals surface area contributed by atoms with Gasteiger partial charge in [-0.15, -0.1) is 0 Å². The lowest BCUT2D eigenvalue weighted by Gasteiger charge is -2.28. The van der Waals surface area contributed by atoms with Crippen LogP contribution in [0.2, 0.25) is 0 Å². The van der Waals surface area contributed by atoms with Crippen LogP contribution in [0, 0.1) is 0 Å². The molecule has 4 nitrogen and oxygen atoms in total. The van der Waals surface area contributed by atoms with Crippen LogP contribution in [0.15, 0.2) is 30.5 Å². The summed E-state index contributed by atoms with van der Waals surface area (Å²) in [6.07, 6.45) is 4.00. The lowest BCUT2D eigenvalue weighted by atomic mass is 9.98. The molecule has 20 heavy (non-hydrogen) atoms. The van der Waals surface area contributed by atoms with Gasteiger partial charge in [0.1, 0.15) is 0 Å². The Morgan fingerprint density at radius 2 is 2.25 bits per heavy atom. The Hall–Kier alpha value is -1.02. The maximum Gasteiger partial charge on any atom is 0.223 e. The van der Waals surface area contributed by atoms with Gasteiger partial charge >= 0.3 is 0 Å². The second-order valence-corrected chi connectivity index (χ2v) is 6.48. The maximum atomic E-state index is 11.7. The normalized spacial score (nSPS) is 14.2. The van der Waals surface area contributed by atoms with Gasteiger partial charge in [0.25, 0.3) is 0 Å². The first kappa shape index (κ1) is 13.9. The Morgan fingerprint density at radius 1 is 1.40 bits per heavy atom. The van der Waals surface area contributed by atoms with Gasteiger partial charge in [0, 0.05) is 61.2 Å². The first-order valence-electron chi connectivity index (χ1n) is 6.45. The molecule has 1 aliphatic heterocycles. The number of hydrogen-bond donors (Lipinski definition) is 0. The molecule has 0 fully saturated rings. The topological polar surface area (TPSA) is 38.1 Å². The summed E-state index contributed by atoms with van der Waals surface area (Å²) < 4.78 is 1.83. The number of amides is 1. The summed E-state index contributed by atoms with van der Waals surface area (Å²) in [5.74, 6) is 0.115. The van der Waals surface area contributed by atoms with Crippen molar-refractivity contribution in [2.75, 3.05) is 11.4 Å². The number of fused-ring (bicyclic) bond motifs is 1. The second-order valence-electron chi connectivity index (χ2n) is 4.79. The zero-order valence-electron chi connectivity index (χ0n) is 11.0. The Labute approximate surface area is 134 Å². The summed E-state index contributed by atoms with van der Waals surface area (Å²) in [6, 6.07) is 8.26. The fraction of sp³-hybridized carbons (Fsp3) is 0.286. The molecule has 0 spiro atoms. The lowest BCUT2D eigenvalue weighted by Crippen LogP contribution is -2.33. The molecule has 2 aromatic rings. The van der Waals surface area contributed by atoms with E-state index in [9.17, 15) is 4.79 Å². The SMILES string of the molecule is CC(=O)N1CCCc2cc(-c3ccn(SI)n3)ccc21. The molecule has 0 bridgehead atoms. The van der Waals surface area contributed by atoms with Crippen LogP contribution in [-0.2, 0) is 11.2 Å². The summed E-state index contributed by atoms with van der Waals surface area (Å²) >= 11 is 2.20. The van der Waals surface area contributed by atoms with E-state index in [1.807, 2.05) is 33.4 Å². The van der Waals surface area contributed by atoms with Gasteiger partial charge in [-0.3, -0.25) is 4.79 Å². The molecule has 6 heteroatoms. The van der Waals surface area contributed by atoms with E-state index in [4.69, 9.17) is 0 Å². The third-order valence-corrected chi connectivity index (χ3v) is 5.07. The van der Waals surface area contributed by atoms with E-state index in [0.29, 0.717) is 0 Å². The van der Waals surface area contributed by atoms with E-state index in [1.165, 1.54) is 5.56 Å². The molecule has 104 valence electrons. The highest BCUT2D eigenvalue weighted by atomic mass is 127. The summed E-state index contributed by atoms with van der Waals surface area (Å²) in [5.41, 5.74) is 4.37. The summed E-state index contributed by atoms with van der Waals surface area (Å²) in [4.78, 5) is 13.5. The summed E-state index contributed by atoms with van der Waals surface area (Å²) in [5, 5.41) is 4.49. The van der Waals surface area contributed by atoms with Crippen molar-refractivity contribution < 1.29 is 4.79 Å². The van der Waals surface area contributed by atoms with Crippen molar-refractivity contribution in [3.05, 3.63) is 36.0 Å². The summed E-state index contributed by atoms with van der Waals surface area (Å²) in [7, 11) is 1.54. The molecule has 2 heterocycles. The van der Waals surface area contributed by atoms with Gasteiger partial charge in [-0.05, 0) is 36.6 Å². The number of benzene rings is 1. The third kappa shape index (κ3) is 2.58. The van der Waals surface area contributed by atoms with Crippen LogP contribution in [0.25, 0.3) is 11.3 Å². The van der Waals surface area contributed by atoms with Gasteiger partial charge in [0.15, 0.2) is 0 Å². The Kier molecular flexibility index (Phi) is 4.02. The minimum absolute atomic E-state index is 0.115. The molecule has 0 saturated carbocycles. The van der Waals surface area contributed by atoms with Crippen LogP contribution in [0.5, 0.6) is 0 Å². The van der Waals surface area contributed by atoms with E-state index in [-0.39, 0.29) is 5.91 Å². The van der Waals surface area contributed by atoms with E-state index >= 15 is 0 Å². The second kappa shape index (κ2) is 5.77. The van der Waals surface area contributed by atoms with Crippen molar-refractivity contribution in [3.63, 3.8) is 0 Å². The number of carbonyl (C=O) groups excluding carboxylic acids is 1. The highest BCUT2D eigenvalue weighted by Crippen LogP contribution is 2.31. The molecule has 1 aliphatic rings. The van der Waals surface area contributed by atoms with Crippen LogP contribution in [0.3, 0.4) is 0 Å². The predicted octanol–water partition coefficient (Wildman–Crippen LogP) is 3.70. The van der Waals surface area contributed by atoms with Gasteiger partial charge in [-0.25, -0.2) is 4.09 Å². The number of halogens is 1. The fourth-order valence-electron chi connectivity index (χ4n) is 2.58. The standard InChI is InChI=1S/C14H14IN3OS/c1-10(19)17-7-2-3-12-9-11(4-5-14(12)17)13-6-8-18(16-13)20-15/h4-6,8-9H,2-3,7H2,1H3. The molecule has 1 aromatic heterocycles. The highest BCUT2D eigenvalue weighted by molar-refractivity contribution is 14.2. The fourth-order valence-corrected chi connectivity index (χ4v) is 3.47. The Morgan fingerprint density at radius 3 is 2.95 bits per heavy atom. The van der Waals surface area contributed by atoms with Gasteiger partial charge < -0.3 is 4.90 Å². The van der Waals surface area contributed by atoms with Gasteiger partial charge in [-0.2, -0.15) is 5.10 Å². The minimum atomic E-state index is 0.115. The highest BCUT2D eigenvalue weighted by Gasteiger charge is 2.20. The number of aryl methyl sites for hydroxylation is 1. The van der Waals surface area contributed by atoms with Crippen LogP contribution in [0.1, 0.15) is 18.9 Å². The zero-order chi connectivity index (χ0) is 14.1. The van der Waals surface area contributed by atoms with Crippen molar-refractivity contribution in [2.45, 2.75) is 19.8 Å². The third-order valence-electron chi connectivity index (χ3n) is 3.51. The number of hydrogen-bond acceptors (Lipinski definition) is 3. The van der Waals surface area contributed by atoms with Gasteiger partial charge in [0.05, 0.1) is 5.69 Å². The van der Waals surface area contributed by atoms with Crippen LogP contribution in [-0.4, -0.2) is 21.6 Å². The van der Waals surface area contributed by atoms with Crippen molar-refractivity contribution in [2.24, 2.45) is 0 Å². The van der Waals surface area contributed by atoms with Gasteiger partial charge in [0.2, 0.25) is 5.91 Å². The largest absolute Gasteiger partial charge is 0.312 e. The smallest absolute Gasteiger partial charge is 0.223 e. The molecule has 0 N–H and O–H groups in total. The molecule has 1 aromatic carbocycles. The van der Waals surface area contributed by atoms with Crippen molar-refractivity contribution in [3.8, 4) is 11.3 Å². The van der Waals surface area contributed by atoms with Crippen molar-refractivity contribution in [1.82, 2.24) is 9.19 Å². The molecular weight excluding hydrogens is 385 g/mol. The predicted molar refractivity (Wildman–Crippen MR) is 91.0 cm³/mol. The average Bonchev–Trinajstić information content (AvgIpc) is 2.94. The Bertz CT molecular complexity index is 656. The number of aromatic nitrogens is 2. The molecular formula is C14H14IN3OS. The molecule has 1 amide bonds. The summed E-state index contributed by atoms with van der Waals surface area (Å²) in [6.45, 7) is 2.45. The van der Waals surface area contributed by atoms with E-state index in [1.54, 1.807) is 16.0 Å². The first-order chi connectivity index (χ1) is 9.69. The number of anilines is 1. The Balaban J connectivity index is 1.98. The van der Waals surface area contributed by atoms with Crippen molar-refractivity contribution in [1.29, 1.82) is 0 Å². The van der Waals surface area contributed by atoms with Gasteiger partial charge in [-0.1, -0.05) is 6.07 Å². The lowest BCUT2D eigenvalue weighted by molar-refractivity contribution is -0.116. The molecule has 0 saturated heterocycles. The molecule has 3 rings (SSSR count). The number of rotatable bonds is 2.